The summed E-state index contributed by atoms with van der Waals surface area (Å²) < 4.78 is 6.12. The Balaban J connectivity index is 1.82. The molecule has 2 aliphatic rings. The van der Waals surface area contributed by atoms with Crippen LogP contribution in [0.1, 0.15) is 52.4 Å². The molecule has 1 atom stereocenters. The van der Waals surface area contributed by atoms with Crippen molar-refractivity contribution >= 4 is 5.91 Å². The predicted octanol–water partition coefficient (Wildman–Crippen LogP) is 2.09. The maximum atomic E-state index is 12.2. The van der Waals surface area contributed by atoms with Crippen molar-refractivity contribution in [1.82, 2.24) is 10.6 Å². The summed E-state index contributed by atoms with van der Waals surface area (Å²) in [5.41, 5.74) is -0.0957. The zero-order chi connectivity index (χ0) is 14.4. The van der Waals surface area contributed by atoms with E-state index in [1.807, 2.05) is 6.92 Å². The summed E-state index contributed by atoms with van der Waals surface area (Å²) in [5.74, 6) is 0.818. The molecule has 20 heavy (non-hydrogen) atoms. The predicted molar refractivity (Wildman–Crippen MR) is 80.6 cm³/mol. The lowest BCUT2D eigenvalue weighted by Crippen LogP contribution is -2.52. The fourth-order valence-electron chi connectivity index (χ4n) is 3.17. The maximum Gasteiger partial charge on any atom is 0.223 e. The van der Waals surface area contributed by atoms with Crippen LogP contribution in [0.3, 0.4) is 0 Å². The molecule has 1 saturated carbocycles. The number of nitrogens with one attached hydrogen (secondary N) is 2. The van der Waals surface area contributed by atoms with E-state index in [4.69, 9.17) is 4.74 Å². The van der Waals surface area contributed by atoms with Gasteiger partial charge in [-0.2, -0.15) is 0 Å². The van der Waals surface area contributed by atoms with Gasteiger partial charge < -0.3 is 15.4 Å². The van der Waals surface area contributed by atoms with Gasteiger partial charge in [-0.25, -0.2) is 0 Å². The van der Waals surface area contributed by atoms with Gasteiger partial charge in [-0.05, 0) is 38.3 Å². The standard InChI is InChI=1S/C16H30N2O2/c1-3-9-20-16(7-5-4-6-8-16)12-18-15(19)13(2)14-10-17-11-14/h13-14,17H,3-12H2,1-2H3,(H,18,19). The van der Waals surface area contributed by atoms with E-state index in [1.165, 1.54) is 19.3 Å². The van der Waals surface area contributed by atoms with Crippen LogP contribution in [0.25, 0.3) is 0 Å². The van der Waals surface area contributed by atoms with Crippen LogP contribution in [0.15, 0.2) is 0 Å². The minimum absolute atomic E-state index is 0.0957. The molecular formula is C16H30N2O2. The van der Waals surface area contributed by atoms with E-state index in [-0.39, 0.29) is 17.4 Å². The summed E-state index contributed by atoms with van der Waals surface area (Å²) in [6.07, 6.45) is 6.97. The molecule has 4 heteroatoms. The summed E-state index contributed by atoms with van der Waals surface area (Å²) in [6.45, 7) is 7.63. The van der Waals surface area contributed by atoms with Crippen LogP contribution in [-0.2, 0) is 9.53 Å². The number of hydrogen-bond acceptors (Lipinski definition) is 3. The molecule has 2 fully saturated rings. The van der Waals surface area contributed by atoms with E-state index >= 15 is 0 Å². The molecule has 2 N–H and O–H groups in total. The molecule has 2 rings (SSSR count). The molecule has 0 spiro atoms. The largest absolute Gasteiger partial charge is 0.373 e. The monoisotopic (exact) mass is 282 g/mol. The second-order valence-corrected chi connectivity index (χ2v) is 6.52. The van der Waals surface area contributed by atoms with Crippen molar-refractivity contribution in [2.45, 2.75) is 58.0 Å². The molecule has 1 heterocycles. The van der Waals surface area contributed by atoms with Gasteiger partial charge >= 0.3 is 0 Å². The summed E-state index contributed by atoms with van der Waals surface area (Å²) in [5, 5.41) is 6.39. The van der Waals surface area contributed by atoms with Crippen LogP contribution in [0.5, 0.6) is 0 Å². The summed E-state index contributed by atoms with van der Waals surface area (Å²) >= 11 is 0. The fourth-order valence-corrected chi connectivity index (χ4v) is 3.17. The molecule has 0 bridgehead atoms. The van der Waals surface area contributed by atoms with E-state index in [0.717, 1.165) is 39.0 Å². The Morgan fingerprint density at radius 1 is 1.35 bits per heavy atom. The molecule has 0 aromatic rings. The van der Waals surface area contributed by atoms with Crippen molar-refractivity contribution in [2.75, 3.05) is 26.2 Å². The van der Waals surface area contributed by atoms with Gasteiger partial charge in [0.1, 0.15) is 0 Å². The third kappa shape index (κ3) is 3.95. The van der Waals surface area contributed by atoms with Gasteiger partial charge in [0.05, 0.1) is 5.60 Å². The van der Waals surface area contributed by atoms with Gasteiger partial charge in [0.2, 0.25) is 5.91 Å². The Labute approximate surface area is 123 Å². The third-order valence-electron chi connectivity index (χ3n) is 4.90. The lowest BCUT2D eigenvalue weighted by atomic mass is 9.83. The van der Waals surface area contributed by atoms with Crippen LogP contribution in [0.4, 0.5) is 0 Å². The Kier molecular flexibility index (Phi) is 5.85. The second-order valence-electron chi connectivity index (χ2n) is 6.52. The van der Waals surface area contributed by atoms with Crippen LogP contribution in [-0.4, -0.2) is 37.7 Å². The Bertz CT molecular complexity index is 310. The highest BCUT2D eigenvalue weighted by atomic mass is 16.5. The number of ether oxygens (including phenoxy) is 1. The SMILES string of the molecule is CCCOC1(CNC(=O)C(C)C2CNC2)CCCCC1. The molecule has 1 saturated heterocycles. The first-order valence-corrected chi connectivity index (χ1v) is 8.29. The third-order valence-corrected chi connectivity index (χ3v) is 4.90. The van der Waals surface area contributed by atoms with Gasteiger partial charge in [-0.1, -0.05) is 33.1 Å². The molecule has 1 aliphatic heterocycles. The first kappa shape index (κ1) is 15.8. The zero-order valence-electron chi connectivity index (χ0n) is 13.0. The fraction of sp³-hybridized carbons (Fsp3) is 0.938. The van der Waals surface area contributed by atoms with E-state index in [9.17, 15) is 4.79 Å². The minimum atomic E-state index is -0.0957. The Morgan fingerprint density at radius 2 is 2.05 bits per heavy atom. The van der Waals surface area contributed by atoms with Gasteiger partial charge in [-0.3, -0.25) is 4.79 Å². The molecule has 4 nitrogen and oxygen atoms in total. The molecule has 1 amide bonds. The van der Waals surface area contributed by atoms with Gasteiger partial charge in [0.15, 0.2) is 0 Å². The molecule has 0 aromatic heterocycles. The molecule has 116 valence electrons. The van der Waals surface area contributed by atoms with Crippen LogP contribution < -0.4 is 10.6 Å². The van der Waals surface area contributed by atoms with Crippen molar-refractivity contribution < 1.29 is 9.53 Å². The van der Waals surface area contributed by atoms with Crippen molar-refractivity contribution in [2.24, 2.45) is 11.8 Å². The zero-order valence-corrected chi connectivity index (χ0v) is 13.0. The van der Waals surface area contributed by atoms with Gasteiger partial charge in [-0.15, -0.1) is 0 Å². The first-order valence-electron chi connectivity index (χ1n) is 8.29. The van der Waals surface area contributed by atoms with Crippen LogP contribution in [0.2, 0.25) is 0 Å². The quantitative estimate of drug-likeness (QED) is 0.752. The highest BCUT2D eigenvalue weighted by Crippen LogP contribution is 2.31. The maximum absolute atomic E-state index is 12.2. The van der Waals surface area contributed by atoms with Crippen molar-refractivity contribution in [1.29, 1.82) is 0 Å². The smallest absolute Gasteiger partial charge is 0.223 e. The topological polar surface area (TPSA) is 50.4 Å². The molecular weight excluding hydrogens is 252 g/mol. The molecule has 1 aliphatic carbocycles. The molecule has 0 radical (unpaired) electrons. The highest BCUT2D eigenvalue weighted by Gasteiger charge is 2.35. The van der Waals surface area contributed by atoms with Crippen molar-refractivity contribution in [3.63, 3.8) is 0 Å². The number of carbonyl (C=O) groups is 1. The lowest BCUT2D eigenvalue weighted by molar-refractivity contribution is -0.130. The van der Waals surface area contributed by atoms with E-state index < -0.39 is 0 Å². The van der Waals surface area contributed by atoms with E-state index in [1.54, 1.807) is 0 Å². The second kappa shape index (κ2) is 7.41. The van der Waals surface area contributed by atoms with Crippen molar-refractivity contribution in [3.05, 3.63) is 0 Å². The van der Waals surface area contributed by atoms with E-state index in [2.05, 4.69) is 17.6 Å². The van der Waals surface area contributed by atoms with Gasteiger partial charge in [0.25, 0.3) is 0 Å². The first-order chi connectivity index (χ1) is 9.67. The average molecular weight is 282 g/mol. The van der Waals surface area contributed by atoms with Crippen molar-refractivity contribution in [3.8, 4) is 0 Å². The Hall–Kier alpha value is -0.610. The lowest BCUT2D eigenvalue weighted by Gasteiger charge is -2.38. The van der Waals surface area contributed by atoms with Crippen LogP contribution in [0, 0.1) is 11.8 Å². The average Bonchev–Trinajstić information content (AvgIpc) is 2.42. The van der Waals surface area contributed by atoms with Crippen LogP contribution >= 0.6 is 0 Å². The Morgan fingerprint density at radius 3 is 2.60 bits per heavy atom. The van der Waals surface area contributed by atoms with Gasteiger partial charge in [0, 0.05) is 19.1 Å². The molecule has 1 unspecified atom stereocenters. The number of rotatable bonds is 7. The normalized spacial score (nSPS) is 23.9. The molecule has 0 aromatic carbocycles. The number of hydrogen-bond donors (Lipinski definition) is 2. The summed E-state index contributed by atoms with van der Waals surface area (Å²) in [6, 6.07) is 0. The summed E-state index contributed by atoms with van der Waals surface area (Å²) in [4.78, 5) is 12.2. The number of carbonyl (C=O) groups excluding carboxylic acids is 1. The highest BCUT2D eigenvalue weighted by molar-refractivity contribution is 5.78. The van der Waals surface area contributed by atoms with E-state index in [0.29, 0.717) is 12.5 Å². The summed E-state index contributed by atoms with van der Waals surface area (Å²) in [7, 11) is 0. The number of amides is 1. The minimum Gasteiger partial charge on any atom is -0.373 e.